The van der Waals surface area contributed by atoms with Gasteiger partial charge in [-0.05, 0) is 45.1 Å². The monoisotopic (exact) mass is 338 g/mol. The fraction of sp³-hybridized carbons (Fsp3) is 0.625. The van der Waals surface area contributed by atoms with E-state index in [0.717, 1.165) is 16.3 Å². The van der Waals surface area contributed by atoms with E-state index < -0.39 is 6.10 Å². The van der Waals surface area contributed by atoms with Gasteiger partial charge in [-0.15, -0.1) is 23.1 Å². The SMILES string of the molecule is CC(C)OCC(O)CSc1ncnc2sc3c(c12)CCCC3. The molecule has 3 rings (SSSR count). The molecule has 0 aliphatic heterocycles. The van der Waals surface area contributed by atoms with Gasteiger partial charge in [0.1, 0.15) is 16.2 Å². The summed E-state index contributed by atoms with van der Waals surface area (Å²) >= 11 is 3.42. The fourth-order valence-electron chi connectivity index (χ4n) is 2.70. The van der Waals surface area contributed by atoms with Gasteiger partial charge in [-0.3, -0.25) is 0 Å². The van der Waals surface area contributed by atoms with Gasteiger partial charge in [0.05, 0.1) is 18.8 Å². The molecule has 2 aromatic heterocycles. The van der Waals surface area contributed by atoms with E-state index in [-0.39, 0.29) is 6.10 Å². The third-order valence-electron chi connectivity index (χ3n) is 3.75. The lowest BCUT2D eigenvalue weighted by Crippen LogP contribution is -2.20. The Kier molecular flexibility index (Phi) is 5.33. The molecule has 1 N–H and O–H groups in total. The number of hydrogen-bond donors (Lipinski definition) is 1. The summed E-state index contributed by atoms with van der Waals surface area (Å²) in [5.41, 5.74) is 1.45. The smallest absolute Gasteiger partial charge is 0.128 e. The summed E-state index contributed by atoms with van der Waals surface area (Å²) < 4.78 is 5.46. The Morgan fingerprint density at radius 2 is 2.14 bits per heavy atom. The van der Waals surface area contributed by atoms with Gasteiger partial charge >= 0.3 is 0 Å². The molecule has 0 fully saturated rings. The highest BCUT2D eigenvalue weighted by Crippen LogP contribution is 2.39. The largest absolute Gasteiger partial charge is 0.390 e. The van der Waals surface area contributed by atoms with Gasteiger partial charge in [0.15, 0.2) is 0 Å². The zero-order valence-corrected chi connectivity index (χ0v) is 14.7. The van der Waals surface area contributed by atoms with Crippen molar-refractivity contribution in [2.75, 3.05) is 12.4 Å². The van der Waals surface area contributed by atoms with Crippen LogP contribution in [0.2, 0.25) is 0 Å². The van der Waals surface area contributed by atoms with Crippen LogP contribution in [0.3, 0.4) is 0 Å². The average molecular weight is 338 g/mol. The van der Waals surface area contributed by atoms with Crippen LogP contribution in [0.5, 0.6) is 0 Å². The van der Waals surface area contributed by atoms with E-state index in [4.69, 9.17) is 4.74 Å². The highest BCUT2D eigenvalue weighted by Gasteiger charge is 2.20. The van der Waals surface area contributed by atoms with Gasteiger partial charge in [0.25, 0.3) is 0 Å². The van der Waals surface area contributed by atoms with Gasteiger partial charge in [-0.1, -0.05) is 0 Å². The van der Waals surface area contributed by atoms with Crippen molar-refractivity contribution in [3.63, 3.8) is 0 Å². The summed E-state index contributed by atoms with van der Waals surface area (Å²) in [6, 6.07) is 0. The molecule has 1 aliphatic rings. The Bertz CT molecular complexity index is 642. The van der Waals surface area contributed by atoms with Gasteiger partial charge in [-0.25, -0.2) is 9.97 Å². The van der Waals surface area contributed by atoms with Crippen LogP contribution in [0.25, 0.3) is 10.2 Å². The molecule has 0 amide bonds. The molecule has 0 aromatic carbocycles. The molecule has 120 valence electrons. The molecular formula is C16H22N2O2S2. The maximum absolute atomic E-state index is 10.0. The molecule has 2 aromatic rings. The van der Waals surface area contributed by atoms with Crippen LogP contribution in [0, 0.1) is 0 Å². The predicted molar refractivity (Wildman–Crippen MR) is 91.9 cm³/mol. The second-order valence-electron chi connectivity index (χ2n) is 5.92. The number of aliphatic hydroxyl groups excluding tert-OH is 1. The van der Waals surface area contributed by atoms with E-state index in [1.807, 2.05) is 25.2 Å². The minimum absolute atomic E-state index is 0.148. The number of fused-ring (bicyclic) bond motifs is 3. The topological polar surface area (TPSA) is 55.2 Å². The van der Waals surface area contributed by atoms with Gasteiger partial charge < -0.3 is 9.84 Å². The highest BCUT2D eigenvalue weighted by molar-refractivity contribution is 7.99. The van der Waals surface area contributed by atoms with Gasteiger partial charge in [0, 0.05) is 16.0 Å². The van der Waals surface area contributed by atoms with Crippen LogP contribution in [-0.4, -0.2) is 39.6 Å². The first-order valence-corrected chi connectivity index (χ1v) is 9.63. The number of hydrogen-bond acceptors (Lipinski definition) is 6. The van der Waals surface area contributed by atoms with Crippen molar-refractivity contribution in [1.82, 2.24) is 9.97 Å². The molecule has 1 unspecified atom stereocenters. The lowest BCUT2D eigenvalue weighted by Gasteiger charge is -2.14. The van der Waals surface area contributed by atoms with E-state index in [2.05, 4.69) is 9.97 Å². The summed E-state index contributed by atoms with van der Waals surface area (Å²) in [5.74, 6) is 0.601. The Labute approximate surface area is 139 Å². The Hall–Kier alpha value is -0.690. The van der Waals surface area contributed by atoms with Crippen molar-refractivity contribution in [2.45, 2.75) is 56.8 Å². The molecule has 2 heterocycles. The molecule has 0 radical (unpaired) electrons. The van der Waals surface area contributed by atoms with Crippen LogP contribution in [0.15, 0.2) is 11.4 Å². The average Bonchev–Trinajstić information content (AvgIpc) is 2.90. The second-order valence-corrected chi connectivity index (χ2v) is 8.01. The first-order chi connectivity index (χ1) is 10.6. The summed E-state index contributed by atoms with van der Waals surface area (Å²) in [4.78, 5) is 11.5. The number of rotatable bonds is 6. The maximum atomic E-state index is 10.0. The molecule has 1 aliphatic carbocycles. The van der Waals surface area contributed by atoms with Crippen molar-refractivity contribution in [2.24, 2.45) is 0 Å². The quantitative estimate of drug-likeness (QED) is 0.646. The van der Waals surface area contributed by atoms with E-state index >= 15 is 0 Å². The van der Waals surface area contributed by atoms with E-state index in [0.29, 0.717) is 12.4 Å². The number of aliphatic hydroxyl groups is 1. The first kappa shape index (κ1) is 16.2. The van der Waals surface area contributed by atoms with E-state index in [1.165, 1.54) is 35.1 Å². The first-order valence-electron chi connectivity index (χ1n) is 7.83. The molecule has 22 heavy (non-hydrogen) atoms. The number of thiophene rings is 1. The molecule has 0 saturated carbocycles. The van der Waals surface area contributed by atoms with Crippen LogP contribution in [-0.2, 0) is 17.6 Å². The van der Waals surface area contributed by atoms with Crippen molar-refractivity contribution in [3.05, 3.63) is 16.8 Å². The van der Waals surface area contributed by atoms with E-state index in [9.17, 15) is 5.11 Å². The molecule has 0 saturated heterocycles. The minimum atomic E-state index is -0.466. The van der Waals surface area contributed by atoms with Crippen molar-refractivity contribution in [3.8, 4) is 0 Å². The Balaban J connectivity index is 1.75. The lowest BCUT2D eigenvalue weighted by atomic mass is 9.97. The van der Waals surface area contributed by atoms with Crippen LogP contribution >= 0.6 is 23.1 Å². The normalized spacial score (nSPS) is 16.2. The predicted octanol–water partition coefficient (Wildman–Crippen LogP) is 3.45. The van der Waals surface area contributed by atoms with Gasteiger partial charge in [0.2, 0.25) is 0 Å². The fourth-order valence-corrected chi connectivity index (χ4v) is 4.92. The van der Waals surface area contributed by atoms with Crippen LogP contribution in [0.4, 0.5) is 0 Å². The number of nitrogens with zero attached hydrogens (tertiary/aromatic N) is 2. The summed E-state index contributed by atoms with van der Waals surface area (Å²) in [5, 5.41) is 12.3. The van der Waals surface area contributed by atoms with Gasteiger partial charge in [-0.2, -0.15) is 0 Å². The summed E-state index contributed by atoms with van der Waals surface area (Å²) in [6.45, 7) is 4.33. The molecule has 0 spiro atoms. The molecule has 0 bridgehead atoms. The van der Waals surface area contributed by atoms with Crippen molar-refractivity contribution >= 4 is 33.3 Å². The van der Waals surface area contributed by atoms with Crippen LogP contribution < -0.4 is 0 Å². The molecular weight excluding hydrogens is 316 g/mol. The number of aryl methyl sites for hydroxylation is 2. The van der Waals surface area contributed by atoms with Crippen LogP contribution in [0.1, 0.15) is 37.1 Å². The number of thioether (sulfide) groups is 1. The van der Waals surface area contributed by atoms with Crippen molar-refractivity contribution < 1.29 is 9.84 Å². The molecule has 1 atom stereocenters. The third-order valence-corrected chi connectivity index (χ3v) is 6.09. The van der Waals surface area contributed by atoms with E-state index in [1.54, 1.807) is 18.1 Å². The zero-order valence-electron chi connectivity index (χ0n) is 13.0. The Morgan fingerprint density at radius 3 is 2.95 bits per heavy atom. The number of ether oxygens (including phenoxy) is 1. The minimum Gasteiger partial charge on any atom is -0.390 e. The molecule has 4 nitrogen and oxygen atoms in total. The highest BCUT2D eigenvalue weighted by atomic mass is 32.2. The number of aromatic nitrogens is 2. The second kappa shape index (κ2) is 7.25. The zero-order chi connectivity index (χ0) is 15.5. The van der Waals surface area contributed by atoms with Crippen molar-refractivity contribution in [1.29, 1.82) is 0 Å². The Morgan fingerprint density at radius 1 is 1.32 bits per heavy atom. The molecule has 6 heteroatoms. The standard InChI is InChI=1S/C16H22N2O2S2/c1-10(2)20-7-11(19)8-21-15-14-12-5-3-4-6-13(12)22-16(14)18-9-17-15/h9-11,19H,3-8H2,1-2H3. The summed E-state index contributed by atoms with van der Waals surface area (Å²) in [7, 11) is 0. The summed E-state index contributed by atoms with van der Waals surface area (Å²) in [6.07, 6.45) is 6.16. The lowest BCUT2D eigenvalue weighted by molar-refractivity contribution is 0.0152. The third kappa shape index (κ3) is 3.62. The maximum Gasteiger partial charge on any atom is 0.128 e.